The Bertz CT molecular complexity index is 1060. The predicted molar refractivity (Wildman–Crippen MR) is 126 cm³/mol. The van der Waals surface area contributed by atoms with Gasteiger partial charge in [-0.1, -0.05) is 110 Å². The molecule has 4 aromatic rings. The number of hydrogen-bond acceptors (Lipinski definition) is 2. The van der Waals surface area contributed by atoms with Crippen molar-refractivity contribution < 1.29 is 0 Å². The molecule has 0 fully saturated rings. The highest BCUT2D eigenvalue weighted by molar-refractivity contribution is 8.25. The van der Waals surface area contributed by atoms with Crippen LogP contribution in [0.15, 0.2) is 102 Å². The van der Waals surface area contributed by atoms with Crippen molar-refractivity contribution in [3.05, 3.63) is 97.1 Å². The van der Waals surface area contributed by atoms with Crippen LogP contribution in [0, 0.1) is 0 Å². The van der Waals surface area contributed by atoms with Crippen LogP contribution >= 0.6 is 17.8 Å². The van der Waals surface area contributed by atoms with Gasteiger partial charge in [-0.15, -0.1) is 11.8 Å². The van der Waals surface area contributed by atoms with E-state index in [0.29, 0.717) is 0 Å². The number of fused-ring (bicyclic) bond motifs is 1. The van der Waals surface area contributed by atoms with Gasteiger partial charge in [0.25, 0.3) is 0 Å². The van der Waals surface area contributed by atoms with E-state index in [1.165, 1.54) is 31.6 Å². The number of rotatable bonds is 5. The minimum absolute atomic E-state index is 1.05. The lowest BCUT2D eigenvalue weighted by Gasteiger charge is -2.26. The highest BCUT2D eigenvalue weighted by Crippen LogP contribution is 2.46. The summed E-state index contributed by atoms with van der Waals surface area (Å²) in [5.41, 5.74) is 0. The largest absolute Gasteiger partial charge is 0.126 e. The van der Waals surface area contributed by atoms with Crippen molar-refractivity contribution in [2.24, 2.45) is 0 Å². The molecule has 0 heterocycles. The van der Waals surface area contributed by atoms with Gasteiger partial charge in [0.2, 0.25) is 0 Å². The molecule has 134 valence electrons. The number of hydrogen-bond donors (Lipinski definition) is 0. The van der Waals surface area contributed by atoms with Gasteiger partial charge >= 0.3 is 0 Å². The molecule has 0 atom stereocenters. The smallest absolute Gasteiger partial charge is 0.0385 e. The van der Waals surface area contributed by atoms with Gasteiger partial charge < -0.3 is 0 Å². The van der Waals surface area contributed by atoms with Crippen molar-refractivity contribution in [1.82, 2.24) is 0 Å². The SMILES string of the molecule is CCSc1cccc2cccc(P(=S)(c3ccccc3)c3ccccc3)c12. The minimum Gasteiger partial charge on any atom is -0.126 e. The van der Waals surface area contributed by atoms with E-state index in [4.69, 9.17) is 11.8 Å². The molecule has 0 radical (unpaired) electrons. The van der Waals surface area contributed by atoms with E-state index in [1.807, 2.05) is 11.8 Å². The van der Waals surface area contributed by atoms with Crippen molar-refractivity contribution in [2.75, 3.05) is 5.75 Å². The van der Waals surface area contributed by atoms with E-state index in [2.05, 4.69) is 104 Å². The van der Waals surface area contributed by atoms with Gasteiger partial charge in [-0.3, -0.25) is 0 Å². The molecule has 4 rings (SSSR count). The molecule has 0 aliphatic rings. The number of thioether (sulfide) groups is 1. The summed E-state index contributed by atoms with van der Waals surface area (Å²) in [5.74, 6) is 1.05. The van der Waals surface area contributed by atoms with E-state index in [9.17, 15) is 0 Å². The Hall–Kier alpha value is -1.86. The molecule has 0 saturated heterocycles. The van der Waals surface area contributed by atoms with Gasteiger partial charge in [0.15, 0.2) is 0 Å². The van der Waals surface area contributed by atoms with Crippen LogP contribution in [0.25, 0.3) is 10.8 Å². The summed E-state index contributed by atoms with van der Waals surface area (Å²) in [6.45, 7) is 2.20. The van der Waals surface area contributed by atoms with Crippen molar-refractivity contribution in [2.45, 2.75) is 11.8 Å². The zero-order chi connectivity index (χ0) is 18.7. The lowest BCUT2D eigenvalue weighted by molar-refractivity contribution is 1.48. The first-order chi connectivity index (χ1) is 13.2. The van der Waals surface area contributed by atoms with E-state index >= 15 is 0 Å². The lowest BCUT2D eigenvalue weighted by Crippen LogP contribution is -2.25. The van der Waals surface area contributed by atoms with Gasteiger partial charge in [0.1, 0.15) is 0 Å². The van der Waals surface area contributed by atoms with Gasteiger partial charge in [-0.25, -0.2) is 0 Å². The first-order valence-corrected chi connectivity index (χ1v) is 12.9. The molecule has 0 spiro atoms. The fourth-order valence-electron chi connectivity index (χ4n) is 3.53. The second kappa shape index (κ2) is 8.02. The minimum atomic E-state index is -2.15. The first kappa shape index (κ1) is 18.5. The molecule has 0 saturated carbocycles. The maximum absolute atomic E-state index is 6.57. The molecule has 0 N–H and O–H groups in total. The van der Waals surface area contributed by atoms with Crippen LogP contribution in [-0.2, 0) is 11.8 Å². The molecule has 0 amide bonds. The van der Waals surface area contributed by atoms with Gasteiger partial charge in [0.05, 0.1) is 0 Å². The van der Waals surface area contributed by atoms with Crippen molar-refractivity contribution in [3.63, 3.8) is 0 Å². The molecule has 0 aromatic heterocycles. The van der Waals surface area contributed by atoms with E-state index in [0.717, 1.165) is 5.75 Å². The highest BCUT2D eigenvalue weighted by Gasteiger charge is 2.27. The fraction of sp³-hybridized carbons (Fsp3) is 0.0833. The van der Waals surface area contributed by atoms with Crippen molar-refractivity contribution in [1.29, 1.82) is 0 Å². The molecule has 0 unspecified atom stereocenters. The summed E-state index contributed by atoms with van der Waals surface area (Å²) in [7, 11) is 0. The maximum Gasteiger partial charge on any atom is 0.0385 e. The molecular formula is C24H21PS2. The molecule has 3 heteroatoms. The van der Waals surface area contributed by atoms with Crippen LogP contribution in [0.4, 0.5) is 0 Å². The maximum atomic E-state index is 6.57. The normalized spacial score (nSPS) is 11.6. The molecule has 0 aliphatic heterocycles. The van der Waals surface area contributed by atoms with Crippen LogP contribution in [-0.4, -0.2) is 5.75 Å². The Morgan fingerprint density at radius 1 is 0.704 bits per heavy atom. The first-order valence-electron chi connectivity index (χ1n) is 9.11. The molecular weight excluding hydrogens is 383 g/mol. The Morgan fingerprint density at radius 3 is 1.81 bits per heavy atom. The molecule has 0 nitrogen and oxygen atoms in total. The number of benzene rings is 4. The third-order valence-electron chi connectivity index (χ3n) is 4.72. The van der Waals surface area contributed by atoms with E-state index in [-0.39, 0.29) is 0 Å². The summed E-state index contributed by atoms with van der Waals surface area (Å²) in [5, 5.41) is 6.38. The van der Waals surface area contributed by atoms with E-state index in [1.54, 1.807) is 0 Å². The van der Waals surface area contributed by atoms with E-state index < -0.39 is 6.04 Å². The second-order valence-corrected chi connectivity index (χ2v) is 12.0. The molecule has 0 aliphatic carbocycles. The molecule has 0 bridgehead atoms. The lowest BCUT2D eigenvalue weighted by atomic mass is 10.1. The summed E-state index contributed by atoms with van der Waals surface area (Å²) < 4.78 is 0. The van der Waals surface area contributed by atoms with Crippen LogP contribution in [0.2, 0.25) is 0 Å². The van der Waals surface area contributed by atoms with Crippen LogP contribution in [0.1, 0.15) is 6.92 Å². The summed E-state index contributed by atoms with van der Waals surface area (Å²) >= 11 is 8.47. The standard InChI is InChI=1S/C24H21PS2/c1-2-27-23-18-10-12-19-11-9-17-22(24(19)23)25(26,20-13-5-3-6-14-20)21-15-7-4-8-16-21/h3-18H,2H2,1H3. The monoisotopic (exact) mass is 404 g/mol. The van der Waals surface area contributed by atoms with Crippen LogP contribution in [0.3, 0.4) is 0 Å². The third-order valence-corrected chi connectivity index (χ3v) is 10.6. The van der Waals surface area contributed by atoms with Gasteiger partial charge in [-0.2, -0.15) is 0 Å². The summed E-state index contributed by atoms with van der Waals surface area (Å²) in [6.07, 6.45) is 0. The highest BCUT2D eigenvalue weighted by atomic mass is 32.4. The average Bonchev–Trinajstić information content (AvgIpc) is 2.74. The predicted octanol–water partition coefficient (Wildman–Crippen LogP) is 5.71. The summed E-state index contributed by atoms with van der Waals surface area (Å²) in [6, 6.07) is 32.4. The van der Waals surface area contributed by atoms with Crippen LogP contribution in [0.5, 0.6) is 0 Å². The Labute approximate surface area is 170 Å². The zero-order valence-electron chi connectivity index (χ0n) is 15.2. The van der Waals surface area contributed by atoms with Crippen molar-refractivity contribution in [3.8, 4) is 0 Å². The van der Waals surface area contributed by atoms with Crippen LogP contribution < -0.4 is 15.9 Å². The Balaban J connectivity index is 2.10. The Morgan fingerprint density at radius 2 is 1.26 bits per heavy atom. The Kier molecular flexibility index (Phi) is 5.50. The topological polar surface area (TPSA) is 0 Å². The van der Waals surface area contributed by atoms with Crippen molar-refractivity contribution >= 4 is 56.3 Å². The van der Waals surface area contributed by atoms with Gasteiger partial charge in [0, 0.05) is 21.6 Å². The molecule has 4 aromatic carbocycles. The quantitative estimate of drug-likeness (QED) is 0.309. The third kappa shape index (κ3) is 3.38. The van der Waals surface area contributed by atoms with Gasteiger partial charge in [-0.05, 0) is 27.8 Å². The fourth-order valence-corrected chi connectivity index (χ4v) is 8.55. The zero-order valence-corrected chi connectivity index (χ0v) is 17.7. The molecule has 27 heavy (non-hydrogen) atoms. The average molecular weight is 405 g/mol. The summed E-state index contributed by atoms with van der Waals surface area (Å²) in [4.78, 5) is 1.33. The second-order valence-electron chi connectivity index (χ2n) is 6.34.